The molecule has 0 amide bonds. The first-order valence-electron chi connectivity index (χ1n) is 20.4. The summed E-state index contributed by atoms with van der Waals surface area (Å²) >= 11 is 3.03. The molecule has 2 aromatic rings. The minimum absolute atomic E-state index is 0.0507. The number of H-pyrrole nitrogens is 2. The van der Waals surface area contributed by atoms with Gasteiger partial charge in [-0.3, -0.25) is 32.9 Å². The Bertz CT molecular complexity index is 2120. The van der Waals surface area contributed by atoms with E-state index in [-0.39, 0.29) is 74.8 Å². The number of aliphatic hydroxyl groups is 1. The number of hydrogen-bond donors (Lipinski definition) is 3. The lowest BCUT2D eigenvalue weighted by atomic mass is 10.1. The molecule has 0 saturated carbocycles. The molecule has 0 bridgehead atoms. The minimum Gasteiger partial charge on any atom is -0.416 e. The molecule has 17 nitrogen and oxygen atoms in total. The van der Waals surface area contributed by atoms with Gasteiger partial charge in [-0.05, 0) is 66.1 Å². The summed E-state index contributed by atoms with van der Waals surface area (Å²) in [4.78, 5) is 51.3. The first-order chi connectivity index (χ1) is 27.7. The summed E-state index contributed by atoms with van der Waals surface area (Å²) in [6.45, 7) is 24.9. The molecule has 2 unspecified atom stereocenters. The summed E-state index contributed by atoms with van der Waals surface area (Å²) in [5, 5.41) is 9.04. The maximum Gasteiger partial charge on any atom is 0.329 e. The predicted molar refractivity (Wildman–Crippen MR) is 232 cm³/mol. The van der Waals surface area contributed by atoms with E-state index in [1.54, 1.807) is 25.6 Å². The van der Waals surface area contributed by atoms with Gasteiger partial charge < -0.3 is 38.0 Å². The summed E-state index contributed by atoms with van der Waals surface area (Å²) in [5.74, 6) is -1.29. The molecule has 6 fully saturated rings. The van der Waals surface area contributed by atoms with Crippen LogP contribution in [0.25, 0.3) is 0 Å². The topological polar surface area (TPSA) is 212 Å². The lowest BCUT2D eigenvalue weighted by Crippen LogP contribution is -2.43. The monoisotopic (exact) mass is 918 g/mol. The molecule has 0 aromatic carbocycles. The van der Waals surface area contributed by atoms with Crippen molar-refractivity contribution in [1.82, 2.24) is 19.1 Å². The van der Waals surface area contributed by atoms with Gasteiger partial charge in [0, 0.05) is 41.9 Å². The van der Waals surface area contributed by atoms with Crippen molar-refractivity contribution in [3.05, 3.63) is 66.2 Å². The maximum atomic E-state index is 12.3. The number of ether oxygens (including phenoxy) is 6. The van der Waals surface area contributed by atoms with Crippen LogP contribution in [0.3, 0.4) is 0 Å². The van der Waals surface area contributed by atoms with Crippen LogP contribution in [0.4, 0.5) is 0 Å². The zero-order valence-corrected chi connectivity index (χ0v) is 39.9. The number of rotatable bonds is 7. The largest absolute Gasteiger partial charge is 0.416 e. The van der Waals surface area contributed by atoms with E-state index in [1.165, 1.54) is 45.4 Å². The van der Waals surface area contributed by atoms with Gasteiger partial charge in [0.1, 0.15) is 41.3 Å². The number of aromatic amines is 2. The van der Waals surface area contributed by atoms with Crippen LogP contribution >= 0.6 is 23.5 Å². The highest BCUT2D eigenvalue weighted by Gasteiger charge is 2.57. The zero-order valence-electron chi connectivity index (χ0n) is 36.5. The molecule has 338 valence electrons. The van der Waals surface area contributed by atoms with E-state index in [0.29, 0.717) is 12.4 Å². The molecule has 2 aromatic heterocycles. The van der Waals surface area contributed by atoms with Gasteiger partial charge in [-0.15, -0.1) is 23.5 Å². The van der Waals surface area contributed by atoms with Gasteiger partial charge in [0.25, 0.3) is 11.1 Å². The molecule has 60 heavy (non-hydrogen) atoms. The standard InChI is InChI=1S/C18H30N2O5SSi.C12H16N2O5S.C9H16O3S/c1-17(2,3)27(6,7)23-10-11-13-14(25-18(4,5)24-13)15(26-11)20-9-8-12(21)19-16(20)22;1-12(2)18-8-6(5-15)20-10(9(8)19-12)14-4-3-7(16)13-11(14)17;1-4-7-8-6(5-13(7)10)11-9(2,3)12-8/h8-9,11,13-15H,10H2,1-7H3,(H,19,21,22);3-4,6,8-10,15H,5H2,1-2H3,(H,13,16,17);6-8H,4-5H2,1-3H3/t11-,13-,14-,15?;6-,8-,9-,10?;6-,7+,8-,13-/m110/s1. The number of fused-ring (bicyclic) bond motifs is 3. The molecule has 0 radical (unpaired) electrons. The molecule has 6 aliphatic heterocycles. The van der Waals surface area contributed by atoms with E-state index in [1.807, 2.05) is 27.7 Å². The van der Waals surface area contributed by atoms with E-state index >= 15 is 0 Å². The van der Waals surface area contributed by atoms with Gasteiger partial charge in [0.15, 0.2) is 25.7 Å². The van der Waals surface area contributed by atoms with Gasteiger partial charge in [-0.25, -0.2) is 9.59 Å². The van der Waals surface area contributed by atoms with Gasteiger partial charge in [0.2, 0.25) is 0 Å². The molecular weight excluding hydrogens is 857 g/mol. The quantitative estimate of drug-likeness (QED) is 0.340. The van der Waals surface area contributed by atoms with E-state index in [4.69, 9.17) is 32.8 Å². The number of hydrogen-bond acceptors (Lipinski definition) is 15. The highest BCUT2D eigenvalue weighted by Crippen LogP contribution is 2.52. The lowest BCUT2D eigenvalue weighted by molar-refractivity contribution is -0.149. The van der Waals surface area contributed by atoms with E-state index in [0.717, 1.165) is 6.42 Å². The Hall–Kier alpha value is -1.89. The summed E-state index contributed by atoms with van der Waals surface area (Å²) in [6, 6.07) is 2.65. The first kappa shape index (κ1) is 47.6. The molecule has 12 atom stereocenters. The second-order valence-corrected chi connectivity index (χ2v) is 27.9. The minimum atomic E-state index is -1.90. The van der Waals surface area contributed by atoms with E-state index in [2.05, 4.69) is 50.8 Å². The van der Waals surface area contributed by atoms with Gasteiger partial charge in [0.05, 0.1) is 34.2 Å². The predicted octanol–water partition coefficient (Wildman–Crippen LogP) is 3.40. The van der Waals surface area contributed by atoms with Crippen LogP contribution < -0.4 is 22.5 Å². The highest BCUT2D eigenvalue weighted by molar-refractivity contribution is 8.00. The molecule has 8 rings (SSSR count). The number of aliphatic hydroxyl groups excluding tert-OH is 1. The number of nitrogens with zero attached hydrogens (tertiary/aromatic N) is 2. The summed E-state index contributed by atoms with van der Waals surface area (Å²) in [7, 11) is -2.65. The highest BCUT2D eigenvalue weighted by atomic mass is 32.2. The molecule has 0 spiro atoms. The number of nitrogens with one attached hydrogen (secondary N) is 2. The third-order valence-corrected chi connectivity index (χ3v) is 21.3. The summed E-state index contributed by atoms with van der Waals surface area (Å²) in [6.07, 6.45) is 2.94. The van der Waals surface area contributed by atoms with Crippen molar-refractivity contribution in [3.63, 3.8) is 0 Å². The first-order valence-corrected chi connectivity index (χ1v) is 26.6. The molecule has 3 N–H and O–H groups in total. The van der Waals surface area contributed by atoms with Crippen LogP contribution in [0.2, 0.25) is 18.1 Å². The third-order valence-electron chi connectivity index (χ3n) is 11.8. The Morgan fingerprint density at radius 1 is 0.767 bits per heavy atom. The maximum absolute atomic E-state index is 12.3. The average molecular weight is 919 g/mol. The second kappa shape index (κ2) is 17.6. The smallest absolute Gasteiger partial charge is 0.329 e. The van der Waals surface area contributed by atoms with Crippen LogP contribution in [0.15, 0.2) is 43.7 Å². The van der Waals surface area contributed by atoms with Crippen molar-refractivity contribution in [2.75, 3.05) is 19.0 Å². The van der Waals surface area contributed by atoms with Crippen LogP contribution in [0.5, 0.6) is 0 Å². The van der Waals surface area contributed by atoms with Gasteiger partial charge in [-0.2, -0.15) is 0 Å². The molecule has 0 aliphatic carbocycles. The van der Waals surface area contributed by atoms with Crippen molar-refractivity contribution in [2.45, 2.75) is 174 Å². The Morgan fingerprint density at radius 2 is 1.20 bits per heavy atom. The Morgan fingerprint density at radius 3 is 1.65 bits per heavy atom. The Labute approximate surface area is 361 Å². The average Bonchev–Trinajstić information content (AvgIpc) is 3.92. The fourth-order valence-corrected chi connectivity index (χ4v) is 13.9. The number of aromatic nitrogens is 4. The molecule has 6 saturated heterocycles. The molecule has 21 heteroatoms. The molecule has 8 heterocycles. The van der Waals surface area contributed by atoms with Gasteiger partial charge >= 0.3 is 11.4 Å². The van der Waals surface area contributed by atoms with Crippen molar-refractivity contribution >= 4 is 42.6 Å². The van der Waals surface area contributed by atoms with Crippen molar-refractivity contribution in [3.8, 4) is 0 Å². The normalized spacial score (nSPS) is 35.8. The van der Waals surface area contributed by atoms with Crippen LogP contribution in [-0.4, -0.2) is 125 Å². The third kappa shape index (κ3) is 10.2. The molecule has 6 aliphatic rings. The second-order valence-electron chi connectivity index (χ2n) is 18.7. The lowest BCUT2D eigenvalue weighted by Gasteiger charge is -2.37. The van der Waals surface area contributed by atoms with E-state index in [9.17, 15) is 28.5 Å². The summed E-state index contributed by atoms with van der Waals surface area (Å²) < 4.78 is 56.3. The number of thioether (sulfide) groups is 2. The van der Waals surface area contributed by atoms with Gasteiger partial charge in [-0.1, -0.05) is 27.7 Å². The van der Waals surface area contributed by atoms with Crippen molar-refractivity contribution in [2.24, 2.45) is 0 Å². The van der Waals surface area contributed by atoms with Crippen molar-refractivity contribution < 1.29 is 42.2 Å². The van der Waals surface area contributed by atoms with Crippen LogP contribution in [0, 0.1) is 0 Å². The van der Waals surface area contributed by atoms with Crippen molar-refractivity contribution in [1.29, 1.82) is 0 Å². The SMILES string of the molecule is CC1(C)O[C@@H]2[C@@H](CO)SC(n3ccc(=O)[nH]c3=O)[C@@H]2O1.CC1(C)O[C@@H]2[C@@H](CO[Si](C)(C)C(C)(C)C)SC(n3ccc(=O)[nH]c3=O)[C@@H]2O1.CC[C@@H]1[C@H]2OC(C)(C)O[C@H]2C[S@@]1=O. The Kier molecular flexibility index (Phi) is 13.9. The molecular formula is C39H62N4O13S3Si. The van der Waals surface area contributed by atoms with Crippen LogP contribution in [0.1, 0.15) is 86.4 Å². The summed E-state index contributed by atoms with van der Waals surface area (Å²) in [5.41, 5.74) is -1.76. The zero-order chi connectivity index (χ0) is 44.3. The van der Waals surface area contributed by atoms with Crippen LogP contribution in [-0.2, 0) is 43.6 Å². The fourth-order valence-electron chi connectivity index (χ4n) is 7.97. The van der Waals surface area contributed by atoms with E-state index < -0.39 is 59.0 Å². The fraction of sp³-hybridized carbons (Fsp3) is 0.795. The Balaban J connectivity index is 0.000000160.